The Morgan fingerprint density at radius 3 is 2.91 bits per heavy atom. The molecule has 1 aromatic rings. The molecule has 0 unspecified atom stereocenters. The maximum Gasteiger partial charge on any atom is 0.226 e. The van der Waals surface area contributed by atoms with Gasteiger partial charge in [0.1, 0.15) is 0 Å². The molecule has 8 nitrogen and oxygen atoms in total. The molecule has 0 aliphatic carbocycles. The van der Waals surface area contributed by atoms with Crippen molar-refractivity contribution in [2.45, 2.75) is 50.9 Å². The first kappa shape index (κ1) is 16.8. The van der Waals surface area contributed by atoms with Crippen molar-refractivity contribution in [3.63, 3.8) is 0 Å². The molecule has 130 valence electrons. The number of likely N-dealkylation sites (tertiary alicyclic amines) is 1. The molecule has 1 aromatic heterocycles. The highest BCUT2D eigenvalue weighted by atomic mass is 32.2. The van der Waals surface area contributed by atoms with Gasteiger partial charge in [0.15, 0.2) is 15.7 Å². The van der Waals surface area contributed by atoms with Gasteiger partial charge in [0.25, 0.3) is 0 Å². The third kappa shape index (κ3) is 4.28. The third-order valence-electron chi connectivity index (χ3n) is 4.46. The van der Waals surface area contributed by atoms with Crippen molar-refractivity contribution in [1.82, 2.24) is 20.4 Å². The maximum atomic E-state index is 11.6. The van der Waals surface area contributed by atoms with E-state index in [1.807, 2.05) is 6.92 Å². The fourth-order valence-electron chi connectivity index (χ4n) is 3.32. The molecule has 3 atom stereocenters. The van der Waals surface area contributed by atoms with E-state index in [2.05, 4.69) is 20.4 Å². The highest BCUT2D eigenvalue weighted by Crippen LogP contribution is 2.17. The van der Waals surface area contributed by atoms with Crippen molar-refractivity contribution in [2.24, 2.45) is 0 Å². The monoisotopic (exact) mass is 344 g/mol. The predicted octanol–water partition coefficient (Wildman–Crippen LogP) is -0.656. The largest absolute Gasteiger partial charge is 0.390 e. The van der Waals surface area contributed by atoms with Crippen molar-refractivity contribution >= 4 is 9.84 Å². The van der Waals surface area contributed by atoms with E-state index in [-0.39, 0.29) is 23.6 Å². The molecular formula is C14H24N4O4S. The van der Waals surface area contributed by atoms with E-state index in [1.165, 1.54) is 0 Å². The Labute approximate surface area is 136 Å². The van der Waals surface area contributed by atoms with Gasteiger partial charge in [-0.1, -0.05) is 12.1 Å². The zero-order valence-corrected chi connectivity index (χ0v) is 14.1. The van der Waals surface area contributed by atoms with Crippen LogP contribution in [0.2, 0.25) is 0 Å². The lowest BCUT2D eigenvalue weighted by atomic mass is 10.0. The van der Waals surface area contributed by atoms with Crippen LogP contribution in [0.1, 0.15) is 31.5 Å². The van der Waals surface area contributed by atoms with E-state index >= 15 is 0 Å². The lowest BCUT2D eigenvalue weighted by molar-refractivity contribution is 0.130. The number of piperidine rings is 1. The Balaban J connectivity index is 1.54. The molecule has 3 heterocycles. The van der Waals surface area contributed by atoms with Crippen LogP contribution >= 0.6 is 0 Å². The van der Waals surface area contributed by atoms with Gasteiger partial charge in [-0.05, 0) is 19.4 Å². The molecule has 2 N–H and O–H groups in total. The number of aliphatic hydroxyl groups is 1. The van der Waals surface area contributed by atoms with E-state index < -0.39 is 15.9 Å². The number of rotatable bonds is 5. The van der Waals surface area contributed by atoms with Gasteiger partial charge in [0, 0.05) is 25.0 Å². The Morgan fingerprint density at radius 2 is 2.26 bits per heavy atom. The first-order valence-corrected chi connectivity index (χ1v) is 9.95. The van der Waals surface area contributed by atoms with Gasteiger partial charge in [0.05, 0.1) is 24.2 Å². The topological polar surface area (TPSA) is 109 Å². The molecule has 0 amide bonds. The molecule has 0 spiro atoms. The van der Waals surface area contributed by atoms with Gasteiger partial charge in [0.2, 0.25) is 5.89 Å². The number of nitrogens with zero attached hydrogens (tertiary/aromatic N) is 3. The van der Waals surface area contributed by atoms with Crippen LogP contribution < -0.4 is 5.32 Å². The molecule has 0 radical (unpaired) electrons. The molecule has 2 fully saturated rings. The number of aliphatic hydroxyl groups excluding tert-OH is 1. The maximum absolute atomic E-state index is 11.6. The lowest BCUT2D eigenvalue weighted by Gasteiger charge is -2.34. The molecule has 3 rings (SSSR count). The summed E-state index contributed by atoms with van der Waals surface area (Å²) in [6.45, 7) is 4.35. The standard InChI is InChI=1S/C14H24N4O4S/c1-2-14-16-13(17-22-14)7-18-5-3-4-10(6-18)15-11-8-23(20,21)9-12(11)19/h10-12,15,19H,2-9H2,1H3/t10-,11-,12-/m0/s1. The van der Waals surface area contributed by atoms with Crippen molar-refractivity contribution < 1.29 is 18.0 Å². The van der Waals surface area contributed by atoms with Crippen molar-refractivity contribution in [2.75, 3.05) is 24.6 Å². The quantitative estimate of drug-likeness (QED) is 0.725. The minimum Gasteiger partial charge on any atom is -0.390 e. The van der Waals surface area contributed by atoms with Gasteiger partial charge in [-0.2, -0.15) is 4.98 Å². The first-order chi connectivity index (χ1) is 10.9. The van der Waals surface area contributed by atoms with Crippen LogP contribution in [0.5, 0.6) is 0 Å². The average molecular weight is 344 g/mol. The summed E-state index contributed by atoms with van der Waals surface area (Å²) in [5.74, 6) is 1.22. The zero-order chi connectivity index (χ0) is 16.4. The lowest BCUT2D eigenvalue weighted by Crippen LogP contribution is -2.52. The summed E-state index contributed by atoms with van der Waals surface area (Å²) >= 11 is 0. The fraction of sp³-hybridized carbons (Fsp3) is 0.857. The Hall–Kier alpha value is -1.03. The molecule has 23 heavy (non-hydrogen) atoms. The van der Waals surface area contributed by atoms with E-state index in [1.54, 1.807) is 0 Å². The summed E-state index contributed by atoms with van der Waals surface area (Å²) in [5, 5.41) is 17.2. The van der Waals surface area contributed by atoms with Crippen molar-refractivity contribution in [3.05, 3.63) is 11.7 Å². The number of sulfone groups is 1. The summed E-state index contributed by atoms with van der Waals surface area (Å²) in [6, 6.07) is -0.184. The minimum atomic E-state index is -3.12. The van der Waals surface area contributed by atoms with Crippen LogP contribution in [-0.2, 0) is 22.8 Å². The second-order valence-corrected chi connectivity index (χ2v) is 8.60. The van der Waals surface area contributed by atoms with E-state index in [0.29, 0.717) is 18.3 Å². The van der Waals surface area contributed by atoms with Crippen molar-refractivity contribution in [3.8, 4) is 0 Å². The number of nitrogens with one attached hydrogen (secondary N) is 1. The van der Waals surface area contributed by atoms with E-state index in [0.717, 1.165) is 32.4 Å². The average Bonchev–Trinajstić information content (AvgIpc) is 3.03. The molecule has 2 aliphatic rings. The molecule has 9 heteroatoms. The molecule has 0 aromatic carbocycles. The van der Waals surface area contributed by atoms with Crippen LogP contribution in [-0.4, -0.2) is 71.3 Å². The Bertz CT molecular complexity index is 632. The van der Waals surface area contributed by atoms with E-state index in [4.69, 9.17) is 4.52 Å². The van der Waals surface area contributed by atoms with Crippen molar-refractivity contribution in [1.29, 1.82) is 0 Å². The Morgan fingerprint density at radius 1 is 1.43 bits per heavy atom. The smallest absolute Gasteiger partial charge is 0.226 e. The summed E-state index contributed by atoms with van der Waals surface area (Å²) < 4.78 is 28.3. The fourth-order valence-corrected chi connectivity index (χ4v) is 5.08. The molecule has 2 saturated heterocycles. The van der Waals surface area contributed by atoms with Gasteiger partial charge in [-0.25, -0.2) is 8.42 Å². The minimum absolute atomic E-state index is 0.0232. The molecular weight excluding hydrogens is 320 g/mol. The van der Waals surface area contributed by atoms with E-state index in [9.17, 15) is 13.5 Å². The van der Waals surface area contributed by atoms with Crippen LogP contribution in [0.25, 0.3) is 0 Å². The van der Waals surface area contributed by atoms with Crippen LogP contribution in [0, 0.1) is 0 Å². The summed E-state index contributed by atoms with van der Waals surface area (Å²) in [4.78, 5) is 6.56. The second kappa shape index (κ2) is 6.84. The SMILES string of the molecule is CCc1nc(CN2CCC[C@H](N[C@H]3CS(=O)(=O)C[C@@H]3O)C2)no1. The number of aromatic nitrogens is 2. The molecule has 0 bridgehead atoms. The van der Waals surface area contributed by atoms with Crippen LogP contribution in [0.3, 0.4) is 0 Å². The zero-order valence-electron chi connectivity index (χ0n) is 13.3. The second-order valence-electron chi connectivity index (χ2n) is 6.45. The number of aryl methyl sites for hydroxylation is 1. The van der Waals surface area contributed by atoms with Gasteiger partial charge >= 0.3 is 0 Å². The third-order valence-corrected chi connectivity index (χ3v) is 6.17. The summed E-state index contributed by atoms with van der Waals surface area (Å²) in [5.41, 5.74) is 0. The van der Waals surface area contributed by atoms with Gasteiger partial charge in [-0.15, -0.1) is 0 Å². The molecule has 2 aliphatic heterocycles. The first-order valence-electron chi connectivity index (χ1n) is 8.13. The highest BCUT2D eigenvalue weighted by Gasteiger charge is 2.37. The number of hydrogen-bond acceptors (Lipinski definition) is 8. The van der Waals surface area contributed by atoms with Crippen LogP contribution in [0.15, 0.2) is 4.52 Å². The van der Waals surface area contributed by atoms with Gasteiger partial charge < -0.3 is 14.9 Å². The number of hydrogen-bond donors (Lipinski definition) is 2. The Kier molecular flexibility index (Phi) is 5.00. The summed E-state index contributed by atoms with van der Waals surface area (Å²) in [7, 11) is -3.12. The van der Waals surface area contributed by atoms with Crippen LogP contribution in [0.4, 0.5) is 0 Å². The van der Waals surface area contributed by atoms with Gasteiger partial charge in [-0.3, -0.25) is 4.90 Å². The highest BCUT2D eigenvalue weighted by molar-refractivity contribution is 7.91. The predicted molar refractivity (Wildman–Crippen MR) is 83.6 cm³/mol. The molecule has 0 saturated carbocycles. The normalized spacial score (nSPS) is 31.5. The summed E-state index contributed by atoms with van der Waals surface area (Å²) in [6.07, 6.45) is 1.92.